The standard InChI is InChI=1S/C28H34O7S/c1-28-15-14-22-21-11-7-19(35-36(31,32)20-8-5-18(33-2)6-9-20)16-17(21)4-10-23(22)24(28)12-13-25(28)26(34-3)27(29)30/h5-9,11,16,22-26H,4,10,12-15H2,1-3H3,(H,29,30)/t22?,23?,24?,25-,26?,28+/m1/s1. The molecule has 2 fully saturated rings. The van der Waals surface area contributed by atoms with Crippen molar-refractivity contribution in [3.8, 4) is 11.5 Å². The number of methoxy groups -OCH3 is 2. The highest BCUT2D eigenvalue weighted by molar-refractivity contribution is 7.87. The van der Waals surface area contributed by atoms with Crippen LogP contribution in [0.3, 0.4) is 0 Å². The molecule has 1 N–H and O–H groups in total. The average Bonchev–Trinajstić information content (AvgIpc) is 3.21. The van der Waals surface area contributed by atoms with Crippen molar-refractivity contribution in [3.05, 3.63) is 53.6 Å². The van der Waals surface area contributed by atoms with Gasteiger partial charge in [0, 0.05) is 13.0 Å². The van der Waals surface area contributed by atoms with Gasteiger partial charge < -0.3 is 18.8 Å². The Hall–Kier alpha value is -2.58. The number of carboxylic acids is 1. The molecule has 5 rings (SSSR count). The average molecular weight is 515 g/mol. The van der Waals surface area contributed by atoms with E-state index < -0.39 is 22.2 Å². The molecule has 194 valence electrons. The van der Waals surface area contributed by atoms with Crippen LogP contribution in [0.2, 0.25) is 0 Å². The van der Waals surface area contributed by atoms with Crippen molar-refractivity contribution in [2.24, 2.45) is 23.2 Å². The second-order valence-corrected chi connectivity index (χ2v) is 12.3. The maximum absolute atomic E-state index is 12.8. The number of aliphatic carboxylic acids is 1. The summed E-state index contributed by atoms with van der Waals surface area (Å²) in [5.41, 5.74) is 2.40. The zero-order valence-electron chi connectivity index (χ0n) is 21.0. The lowest BCUT2D eigenvalue weighted by Gasteiger charge is -2.51. The number of hydrogen-bond acceptors (Lipinski definition) is 6. The summed E-state index contributed by atoms with van der Waals surface area (Å²) < 4.78 is 41.6. The van der Waals surface area contributed by atoms with E-state index in [2.05, 4.69) is 6.92 Å². The number of carbonyl (C=O) groups is 1. The van der Waals surface area contributed by atoms with Crippen LogP contribution in [0, 0.1) is 23.2 Å². The van der Waals surface area contributed by atoms with E-state index in [0.717, 1.165) is 44.1 Å². The fraction of sp³-hybridized carbons (Fsp3) is 0.536. The lowest BCUT2D eigenvalue weighted by molar-refractivity contribution is -0.156. The minimum atomic E-state index is -3.95. The number of carboxylic acid groups (broad SMARTS) is 1. The minimum absolute atomic E-state index is 0.0336. The van der Waals surface area contributed by atoms with Crippen molar-refractivity contribution in [2.45, 2.75) is 62.4 Å². The van der Waals surface area contributed by atoms with Gasteiger partial charge in [0.1, 0.15) is 16.4 Å². The number of hydrogen-bond donors (Lipinski definition) is 1. The van der Waals surface area contributed by atoms with Crippen LogP contribution in [0.1, 0.15) is 56.1 Å². The van der Waals surface area contributed by atoms with Crippen molar-refractivity contribution in [2.75, 3.05) is 14.2 Å². The molecule has 0 amide bonds. The third-order valence-electron chi connectivity index (χ3n) is 9.19. The third kappa shape index (κ3) is 4.18. The molecule has 0 spiro atoms. The first kappa shape index (κ1) is 25.1. The molecule has 3 aliphatic carbocycles. The predicted octanol–water partition coefficient (Wildman–Crippen LogP) is 5.03. The normalized spacial score (nSPS) is 30.0. The summed E-state index contributed by atoms with van der Waals surface area (Å²) in [5, 5.41) is 9.72. The van der Waals surface area contributed by atoms with Gasteiger partial charge in [-0.2, -0.15) is 8.42 Å². The van der Waals surface area contributed by atoms with Crippen LogP contribution >= 0.6 is 0 Å². The predicted molar refractivity (Wildman–Crippen MR) is 134 cm³/mol. The molecule has 3 aliphatic rings. The minimum Gasteiger partial charge on any atom is -0.497 e. The van der Waals surface area contributed by atoms with Crippen LogP contribution in [0.5, 0.6) is 11.5 Å². The Balaban J connectivity index is 1.35. The van der Waals surface area contributed by atoms with E-state index in [1.54, 1.807) is 18.2 Å². The van der Waals surface area contributed by atoms with Gasteiger partial charge in [-0.3, -0.25) is 0 Å². The molecule has 2 saturated carbocycles. The Labute approximate surface area is 212 Å². The maximum Gasteiger partial charge on any atom is 0.339 e. The van der Waals surface area contributed by atoms with Crippen molar-refractivity contribution < 1.29 is 32.0 Å². The van der Waals surface area contributed by atoms with Crippen LogP contribution in [0.25, 0.3) is 0 Å². The molecule has 0 aliphatic heterocycles. The van der Waals surface area contributed by atoms with E-state index in [4.69, 9.17) is 13.7 Å². The molecule has 2 aromatic rings. The number of aryl methyl sites for hydroxylation is 1. The molecular weight excluding hydrogens is 480 g/mol. The summed E-state index contributed by atoms with van der Waals surface area (Å²) >= 11 is 0. The third-order valence-corrected chi connectivity index (χ3v) is 10.4. The SMILES string of the molecule is COc1ccc(S(=O)(=O)Oc2ccc3c(c2)CCC2C3CC[C@@]3(C)C2CC[C@@H]3C(OC)C(=O)O)cc1. The summed E-state index contributed by atoms with van der Waals surface area (Å²) in [6.45, 7) is 2.27. The molecule has 0 heterocycles. The largest absolute Gasteiger partial charge is 0.497 e. The molecule has 4 unspecified atom stereocenters. The highest BCUT2D eigenvalue weighted by Gasteiger charge is 2.57. The molecule has 0 saturated heterocycles. The number of benzene rings is 2. The number of ether oxygens (including phenoxy) is 2. The van der Waals surface area contributed by atoms with Crippen LogP contribution < -0.4 is 8.92 Å². The molecule has 6 atom stereocenters. The van der Waals surface area contributed by atoms with Gasteiger partial charge in [-0.25, -0.2) is 4.79 Å². The first-order valence-electron chi connectivity index (χ1n) is 12.6. The van der Waals surface area contributed by atoms with Crippen LogP contribution in [0.15, 0.2) is 47.4 Å². The van der Waals surface area contributed by atoms with Crippen LogP contribution in [0.4, 0.5) is 0 Å². The molecule has 0 aromatic heterocycles. The van der Waals surface area contributed by atoms with Gasteiger partial charge in [0.05, 0.1) is 7.11 Å². The number of rotatable bonds is 7. The van der Waals surface area contributed by atoms with Crippen molar-refractivity contribution in [3.63, 3.8) is 0 Å². The van der Waals surface area contributed by atoms with Crippen LogP contribution in [-0.2, 0) is 26.1 Å². The Morgan fingerprint density at radius 1 is 1.03 bits per heavy atom. The van der Waals surface area contributed by atoms with Gasteiger partial charge in [0.25, 0.3) is 0 Å². The van der Waals surface area contributed by atoms with E-state index in [9.17, 15) is 18.3 Å². The second kappa shape index (κ2) is 9.38. The van der Waals surface area contributed by atoms with Gasteiger partial charge in [-0.05, 0) is 109 Å². The zero-order valence-corrected chi connectivity index (χ0v) is 21.8. The van der Waals surface area contributed by atoms with Crippen molar-refractivity contribution in [1.29, 1.82) is 0 Å². The van der Waals surface area contributed by atoms with Gasteiger partial charge in [-0.15, -0.1) is 0 Å². The summed E-state index contributed by atoms with van der Waals surface area (Å²) in [4.78, 5) is 11.9. The van der Waals surface area contributed by atoms with E-state index in [-0.39, 0.29) is 16.2 Å². The van der Waals surface area contributed by atoms with E-state index in [0.29, 0.717) is 29.3 Å². The van der Waals surface area contributed by atoms with Crippen LogP contribution in [-0.4, -0.2) is 39.8 Å². The number of fused-ring (bicyclic) bond motifs is 5. The van der Waals surface area contributed by atoms with Gasteiger partial charge in [0.15, 0.2) is 6.10 Å². The van der Waals surface area contributed by atoms with Crippen molar-refractivity contribution in [1.82, 2.24) is 0 Å². The Morgan fingerprint density at radius 2 is 1.75 bits per heavy atom. The van der Waals surface area contributed by atoms with E-state index in [1.807, 2.05) is 12.1 Å². The summed E-state index contributed by atoms with van der Waals surface area (Å²) in [6.07, 6.45) is 5.02. The molecule has 2 aromatic carbocycles. The topological polar surface area (TPSA) is 99.1 Å². The monoisotopic (exact) mass is 514 g/mol. The fourth-order valence-corrected chi connectivity index (χ4v) is 8.43. The first-order chi connectivity index (χ1) is 17.2. The fourth-order valence-electron chi connectivity index (χ4n) is 7.50. The van der Waals surface area contributed by atoms with E-state index in [1.165, 1.54) is 31.9 Å². The molecule has 7 nitrogen and oxygen atoms in total. The quantitative estimate of drug-likeness (QED) is 0.517. The summed E-state index contributed by atoms with van der Waals surface area (Å²) in [7, 11) is -0.911. The molecule has 0 bridgehead atoms. The zero-order chi connectivity index (χ0) is 25.7. The molecule has 0 radical (unpaired) electrons. The van der Waals surface area contributed by atoms with Gasteiger partial charge in [0.2, 0.25) is 0 Å². The summed E-state index contributed by atoms with van der Waals surface area (Å²) in [5.74, 6) is 1.46. The smallest absolute Gasteiger partial charge is 0.339 e. The van der Waals surface area contributed by atoms with E-state index >= 15 is 0 Å². The summed E-state index contributed by atoms with van der Waals surface area (Å²) in [6, 6.07) is 11.8. The Morgan fingerprint density at radius 3 is 2.42 bits per heavy atom. The van der Waals surface area contributed by atoms with Gasteiger partial charge in [-0.1, -0.05) is 13.0 Å². The first-order valence-corrected chi connectivity index (χ1v) is 14.1. The molecule has 8 heteroatoms. The van der Waals surface area contributed by atoms with Crippen molar-refractivity contribution >= 4 is 16.1 Å². The molecular formula is C28H34O7S. The van der Waals surface area contributed by atoms with Gasteiger partial charge >= 0.3 is 16.1 Å². The lowest BCUT2D eigenvalue weighted by atomic mass is 9.53. The Bertz CT molecular complexity index is 1240. The maximum atomic E-state index is 12.8. The highest BCUT2D eigenvalue weighted by atomic mass is 32.2. The Kier molecular flexibility index (Phi) is 6.53. The lowest BCUT2D eigenvalue weighted by Crippen LogP contribution is -2.47. The molecule has 36 heavy (non-hydrogen) atoms. The second-order valence-electron chi connectivity index (χ2n) is 10.7. The highest BCUT2D eigenvalue weighted by Crippen LogP contribution is 2.63.